The van der Waals surface area contributed by atoms with Crippen molar-refractivity contribution in [3.63, 3.8) is 0 Å². The fraction of sp³-hybridized carbons (Fsp3) is 0.250. The lowest BCUT2D eigenvalue weighted by molar-refractivity contribution is -0.137. The van der Waals surface area contributed by atoms with Crippen LogP contribution >= 0.6 is 0 Å². The minimum absolute atomic E-state index is 0.0992. The van der Waals surface area contributed by atoms with Crippen LogP contribution in [0.3, 0.4) is 0 Å². The van der Waals surface area contributed by atoms with Gasteiger partial charge in [0, 0.05) is 29.6 Å². The Kier molecular flexibility index (Phi) is 2.92. The van der Waals surface area contributed by atoms with Gasteiger partial charge in [0.1, 0.15) is 0 Å². The maximum atomic E-state index is 10.5. The molecule has 1 aromatic carbocycles. The Balaban J connectivity index is 2.25. The number of carboxylic acids is 1. The van der Waals surface area contributed by atoms with E-state index in [1.54, 1.807) is 0 Å². The van der Waals surface area contributed by atoms with Crippen LogP contribution in [0.15, 0.2) is 30.5 Å². The first-order valence-electron chi connectivity index (χ1n) is 5.22. The Morgan fingerprint density at radius 2 is 2.25 bits per heavy atom. The van der Waals surface area contributed by atoms with Crippen LogP contribution in [-0.2, 0) is 4.79 Å². The zero-order chi connectivity index (χ0) is 11.5. The number of nitrogens with one attached hydrogen (secondary N) is 1. The van der Waals surface area contributed by atoms with Crippen molar-refractivity contribution >= 4 is 16.9 Å². The molecule has 0 fully saturated rings. The summed E-state index contributed by atoms with van der Waals surface area (Å²) in [5.74, 6) is -0.809. The topological polar surface area (TPSA) is 79.1 Å². The van der Waals surface area contributed by atoms with Gasteiger partial charge in [-0.2, -0.15) is 0 Å². The Hall–Kier alpha value is -1.81. The summed E-state index contributed by atoms with van der Waals surface area (Å²) in [4.78, 5) is 13.6. The third-order valence-corrected chi connectivity index (χ3v) is 2.70. The molecule has 1 heterocycles. The molecule has 1 unspecified atom stereocenters. The second-order valence-electron chi connectivity index (χ2n) is 3.83. The summed E-state index contributed by atoms with van der Waals surface area (Å²) >= 11 is 0. The maximum absolute atomic E-state index is 10.5. The fourth-order valence-electron chi connectivity index (χ4n) is 1.87. The van der Waals surface area contributed by atoms with Crippen molar-refractivity contribution < 1.29 is 9.90 Å². The first-order valence-corrected chi connectivity index (χ1v) is 5.22. The minimum atomic E-state index is -0.809. The van der Waals surface area contributed by atoms with Gasteiger partial charge in [0.15, 0.2) is 0 Å². The molecule has 0 saturated carbocycles. The molecule has 2 aromatic rings. The zero-order valence-corrected chi connectivity index (χ0v) is 8.81. The smallest absolute Gasteiger partial charge is 0.303 e. The second kappa shape index (κ2) is 4.37. The molecule has 2 rings (SSSR count). The van der Waals surface area contributed by atoms with Crippen LogP contribution in [0.4, 0.5) is 0 Å². The van der Waals surface area contributed by atoms with E-state index in [1.165, 1.54) is 0 Å². The number of aromatic nitrogens is 1. The third-order valence-electron chi connectivity index (χ3n) is 2.70. The molecule has 0 radical (unpaired) electrons. The Morgan fingerprint density at radius 1 is 1.44 bits per heavy atom. The Labute approximate surface area is 93.1 Å². The average molecular weight is 218 g/mol. The number of rotatable bonds is 4. The van der Waals surface area contributed by atoms with Gasteiger partial charge in [0.25, 0.3) is 0 Å². The lowest BCUT2D eigenvalue weighted by Crippen LogP contribution is -2.12. The molecule has 0 aliphatic carbocycles. The van der Waals surface area contributed by atoms with Crippen molar-refractivity contribution in [3.05, 3.63) is 36.0 Å². The van der Waals surface area contributed by atoms with Crippen LogP contribution in [0, 0.1) is 0 Å². The summed E-state index contributed by atoms with van der Waals surface area (Å²) in [6.45, 7) is 0. The van der Waals surface area contributed by atoms with Crippen LogP contribution in [0.25, 0.3) is 10.9 Å². The zero-order valence-electron chi connectivity index (χ0n) is 8.81. The molecule has 4 N–H and O–H groups in total. The largest absolute Gasteiger partial charge is 0.481 e. The van der Waals surface area contributed by atoms with E-state index in [4.69, 9.17) is 10.8 Å². The molecule has 1 aromatic heterocycles. The van der Waals surface area contributed by atoms with Gasteiger partial charge in [-0.1, -0.05) is 12.1 Å². The molecule has 0 aliphatic rings. The van der Waals surface area contributed by atoms with Crippen molar-refractivity contribution in [1.29, 1.82) is 0 Å². The number of aliphatic carboxylic acids is 1. The number of benzene rings is 1. The first kappa shape index (κ1) is 10.7. The van der Waals surface area contributed by atoms with Crippen molar-refractivity contribution in [2.75, 3.05) is 0 Å². The normalized spacial score (nSPS) is 12.8. The van der Waals surface area contributed by atoms with E-state index in [-0.39, 0.29) is 12.5 Å². The standard InChI is InChI=1S/C12H14N2O2/c13-10(4-5-12(15)16)8-2-1-3-11-9(8)6-7-14-11/h1-3,6-7,10,14H,4-5,13H2,(H,15,16). The molecule has 0 bridgehead atoms. The highest BCUT2D eigenvalue weighted by molar-refractivity contribution is 5.83. The molecule has 84 valence electrons. The summed E-state index contributed by atoms with van der Waals surface area (Å²) in [6.07, 6.45) is 2.42. The van der Waals surface area contributed by atoms with Gasteiger partial charge in [-0.3, -0.25) is 4.79 Å². The van der Waals surface area contributed by atoms with Gasteiger partial charge in [0.05, 0.1) is 0 Å². The summed E-state index contributed by atoms with van der Waals surface area (Å²) in [6, 6.07) is 7.58. The van der Waals surface area contributed by atoms with E-state index in [0.29, 0.717) is 6.42 Å². The van der Waals surface area contributed by atoms with Crippen LogP contribution in [0.2, 0.25) is 0 Å². The molecule has 4 heteroatoms. The van der Waals surface area contributed by atoms with Crippen molar-refractivity contribution in [2.45, 2.75) is 18.9 Å². The molecule has 0 amide bonds. The van der Waals surface area contributed by atoms with Gasteiger partial charge in [-0.15, -0.1) is 0 Å². The van der Waals surface area contributed by atoms with Gasteiger partial charge >= 0.3 is 5.97 Å². The molecule has 0 aliphatic heterocycles. The average Bonchev–Trinajstić information content (AvgIpc) is 2.73. The monoisotopic (exact) mass is 218 g/mol. The Bertz CT molecular complexity index is 504. The van der Waals surface area contributed by atoms with Crippen molar-refractivity contribution in [1.82, 2.24) is 4.98 Å². The SMILES string of the molecule is NC(CCC(=O)O)c1cccc2[nH]ccc12. The molecular weight excluding hydrogens is 204 g/mol. The Morgan fingerprint density at radius 3 is 3.00 bits per heavy atom. The number of H-pyrrole nitrogens is 1. The van der Waals surface area contributed by atoms with E-state index in [2.05, 4.69) is 4.98 Å². The van der Waals surface area contributed by atoms with Crippen molar-refractivity contribution in [2.24, 2.45) is 5.73 Å². The molecule has 16 heavy (non-hydrogen) atoms. The summed E-state index contributed by atoms with van der Waals surface area (Å²) in [7, 11) is 0. The number of aromatic amines is 1. The predicted molar refractivity (Wildman–Crippen MR) is 62.1 cm³/mol. The molecule has 4 nitrogen and oxygen atoms in total. The third kappa shape index (κ3) is 2.06. The number of hydrogen-bond acceptors (Lipinski definition) is 2. The first-order chi connectivity index (χ1) is 7.68. The highest BCUT2D eigenvalue weighted by Crippen LogP contribution is 2.24. The predicted octanol–water partition coefficient (Wildman–Crippen LogP) is 2.03. The van der Waals surface area contributed by atoms with E-state index < -0.39 is 5.97 Å². The quantitative estimate of drug-likeness (QED) is 0.734. The number of carboxylic acid groups (broad SMARTS) is 1. The number of hydrogen-bond donors (Lipinski definition) is 3. The summed E-state index contributed by atoms with van der Waals surface area (Å²) in [5, 5.41) is 9.69. The number of nitrogens with two attached hydrogens (primary N) is 1. The van der Waals surface area contributed by atoms with Crippen LogP contribution in [-0.4, -0.2) is 16.1 Å². The van der Waals surface area contributed by atoms with E-state index >= 15 is 0 Å². The van der Waals surface area contributed by atoms with Crippen LogP contribution < -0.4 is 5.73 Å². The molecule has 0 saturated heterocycles. The number of carbonyl (C=O) groups is 1. The van der Waals surface area contributed by atoms with Gasteiger partial charge in [-0.05, 0) is 24.1 Å². The van der Waals surface area contributed by atoms with Crippen LogP contribution in [0.1, 0.15) is 24.4 Å². The van der Waals surface area contributed by atoms with Gasteiger partial charge < -0.3 is 15.8 Å². The second-order valence-corrected chi connectivity index (χ2v) is 3.83. The minimum Gasteiger partial charge on any atom is -0.481 e. The molecular formula is C12H14N2O2. The fourth-order valence-corrected chi connectivity index (χ4v) is 1.87. The van der Waals surface area contributed by atoms with E-state index in [1.807, 2.05) is 30.5 Å². The maximum Gasteiger partial charge on any atom is 0.303 e. The van der Waals surface area contributed by atoms with E-state index in [9.17, 15) is 4.79 Å². The lowest BCUT2D eigenvalue weighted by atomic mass is 9.99. The highest BCUT2D eigenvalue weighted by atomic mass is 16.4. The number of fused-ring (bicyclic) bond motifs is 1. The summed E-state index contributed by atoms with van der Waals surface area (Å²) in [5.41, 5.74) is 8.02. The molecule has 0 spiro atoms. The van der Waals surface area contributed by atoms with Gasteiger partial charge in [0.2, 0.25) is 0 Å². The lowest BCUT2D eigenvalue weighted by Gasteiger charge is -2.11. The van der Waals surface area contributed by atoms with Crippen LogP contribution in [0.5, 0.6) is 0 Å². The van der Waals surface area contributed by atoms with Gasteiger partial charge in [-0.25, -0.2) is 0 Å². The van der Waals surface area contributed by atoms with Crippen molar-refractivity contribution in [3.8, 4) is 0 Å². The van der Waals surface area contributed by atoms with E-state index in [0.717, 1.165) is 16.5 Å². The molecule has 1 atom stereocenters. The summed E-state index contributed by atoms with van der Waals surface area (Å²) < 4.78 is 0. The highest BCUT2D eigenvalue weighted by Gasteiger charge is 2.11.